The van der Waals surface area contributed by atoms with E-state index in [1.54, 1.807) is 47.1 Å². The number of fused-ring (bicyclic) bond motifs is 1. The maximum atomic E-state index is 14.2. The molecule has 3 N–H and O–H groups in total. The number of pyridine rings is 1. The molecule has 2 heterocycles. The highest BCUT2D eigenvalue weighted by Gasteiger charge is 2.13. The second-order valence-corrected chi connectivity index (χ2v) is 8.75. The fourth-order valence-electron chi connectivity index (χ4n) is 3.16. The number of hydrogen-bond donors (Lipinski definition) is 2. The topological polar surface area (TPSA) is 107 Å². The Labute approximate surface area is 171 Å². The summed E-state index contributed by atoms with van der Waals surface area (Å²) in [5.74, 6) is -1.52. The number of amides is 1. The van der Waals surface area contributed by atoms with E-state index < -0.39 is 21.6 Å². The Balaban J connectivity index is 1.71. The fourth-order valence-corrected chi connectivity index (χ4v) is 3.79. The van der Waals surface area contributed by atoms with E-state index in [4.69, 9.17) is 5.73 Å². The van der Waals surface area contributed by atoms with Crippen molar-refractivity contribution in [2.75, 3.05) is 11.6 Å². The van der Waals surface area contributed by atoms with Gasteiger partial charge in [0.1, 0.15) is 5.82 Å². The van der Waals surface area contributed by atoms with Gasteiger partial charge in [-0.3, -0.25) is 9.20 Å². The quantitative estimate of drug-likeness (QED) is 0.511. The molecule has 0 aliphatic rings. The lowest BCUT2D eigenvalue weighted by Gasteiger charge is -2.12. The molecular weight excluding hydrogens is 407 g/mol. The first-order valence-electron chi connectivity index (χ1n) is 8.87. The number of nitrogens with one attached hydrogen (secondary N) is 1. The number of nitrogens with zero attached hydrogens (tertiary/aromatic N) is 2. The van der Waals surface area contributed by atoms with Gasteiger partial charge in [-0.25, -0.2) is 17.8 Å². The molecule has 0 radical (unpaired) electrons. The van der Waals surface area contributed by atoms with Gasteiger partial charge in [0.05, 0.1) is 21.8 Å². The van der Waals surface area contributed by atoms with E-state index in [9.17, 15) is 17.6 Å². The average molecular weight is 424 g/mol. The van der Waals surface area contributed by atoms with Crippen molar-refractivity contribution >= 4 is 32.8 Å². The van der Waals surface area contributed by atoms with Gasteiger partial charge in [-0.2, -0.15) is 0 Å². The Bertz CT molecular complexity index is 1380. The largest absolute Gasteiger partial charge is 0.366 e. The van der Waals surface area contributed by atoms with Crippen LogP contribution in [0, 0.1) is 5.82 Å². The van der Waals surface area contributed by atoms with Crippen LogP contribution < -0.4 is 11.1 Å². The number of benzene rings is 2. The first kappa shape index (κ1) is 19.6. The van der Waals surface area contributed by atoms with Crippen molar-refractivity contribution in [3.63, 3.8) is 0 Å². The third kappa shape index (κ3) is 3.62. The van der Waals surface area contributed by atoms with E-state index in [0.29, 0.717) is 28.3 Å². The predicted octanol–water partition coefficient (Wildman–Crippen LogP) is 3.39. The first-order chi connectivity index (χ1) is 14.2. The second-order valence-electron chi connectivity index (χ2n) is 6.73. The van der Waals surface area contributed by atoms with Crippen LogP contribution in [-0.4, -0.2) is 30.0 Å². The van der Waals surface area contributed by atoms with Crippen LogP contribution in [-0.2, 0) is 9.84 Å². The Hall–Kier alpha value is -3.72. The summed E-state index contributed by atoms with van der Waals surface area (Å²) in [4.78, 5) is 15.9. The maximum Gasteiger partial charge on any atom is 0.251 e. The molecule has 0 saturated carbocycles. The molecule has 2 aromatic carbocycles. The Morgan fingerprint density at radius 2 is 1.83 bits per heavy atom. The summed E-state index contributed by atoms with van der Waals surface area (Å²) in [5, 5.41) is 3.21. The number of aromatic nitrogens is 2. The standard InChI is InChI=1S/C21H17FN4O3S/c1-30(28,29)15-5-3-14(4-6-15)25-18-8-9-19(26-11-10-24-21(18)26)13-2-7-16(20(23)27)17(22)12-13/h2-12,25H,1H3,(H2,23,27). The van der Waals surface area contributed by atoms with E-state index in [0.717, 1.165) is 6.26 Å². The first-order valence-corrected chi connectivity index (χ1v) is 10.8. The monoisotopic (exact) mass is 424 g/mol. The van der Waals surface area contributed by atoms with Gasteiger partial charge in [-0.05, 0) is 48.5 Å². The third-order valence-electron chi connectivity index (χ3n) is 4.64. The molecule has 0 spiro atoms. The van der Waals surface area contributed by atoms with Gasteiger partial charge in [-0.1, -0.05) is 6.07 Å². The Morgan fingerprint density at radius 3 is 2.47 bits per heavy atom. The van der Waals surface area contributed by atoms with E-state index in [1.165, 1.54) is 24.3 Å². The molecule has 0 unspecified atom stereocenters. The molecule has 0 fully saturated rings. The van der Waals surface area contributed by atoms with Crippen LogP contribution in [0.15, 0.2) is 71.9 Å². The minimum Gasteiger partial charge on any atom is -0.366 e. The molecule has 7 nitrogen and oxygen atoms in total. The summed E-state index contributed by atoms with van der Waals surface area (Å²) < 4.78 is 39.2. The summed E-state index contributed by atoms with van der Waals surface area (Å²) in [6.07, 6.45) is 4.51. The molecule has 4 rings (SSSR count). The number of rotatable bonds is 5. The minimum absolute atomic E-state index is 0.170. The summed E-state index contributed by atoms with van der Waals surface area (Å²) in [6, 6.07) is 14.2. The Kier molecular flexibility index (Phi) is 4.75. The lowest BCUT2D eigenvalue weighted by atomic mass is 10.1. The third-order valence-corrected chi connectivity index (χ3v) is 5.77. The zero-order valence-electron chi connectivity index (χ0n) is 15.8. The molecule has 9 heteroatoms. The summed E-state index contributed by atoms with van der Waals surface area (Å²) >= 11 is 0. The summed E-state index contributed by atoms with van der Waals surface area (Å²) in [7, 11) is -3.27. The fraction of sp³-hybridized carbons (Fsp3) is 0.0476. The van der Waals surface area contributed by atoms with Gasteiger partial charge in [0, 0.05) is 29.9 Å². The number of nitrogens with two attached hydrogens (primary N) is 1. The van der Waals surface area contributed by atoms with E-state index in [2.05, 4.69) is 10.3 Å². The maximum absolute atomic E-state index is 14.2. The van der Waals surface area contributed by atoms with Crippen LogP contribution in [0.4, 0.5) is 15.8 Å². The number of carbonyl (C=O) groups is 1. The minimum atomic E-state index is -3.27. The molecule has 0 aliphatic heterocycles. The van der Waals surface area contributed by atoms with Gasteiger partial charge in [-0.15, -0.1) is 0 Å². The number of primary amides is 1. The van der Waals surface area contributed by atoms with Crippen molar-refractivity contribution in [1.82, 2.24) is 9.38 Å². The second kappa shape index (κ2) is 7.27. The van der Waals surface area contributed by atoms with Gasteiger partial charge in [0.25, 0.3) is 5.91 Å². The van der Waals surface area contributed by atoms with Gasteiger partial charge >= 0.3 is 0 Å². The molecule has 0 atom stereocenters. The van der Waals surface area contributed by atoms with Crippen LogP contribution in [0.3, 0.4) is 0 Å². The zero-order valence-corrected chi connectivity index (χ0v) is 16.7. The van der Waals surface area contributed by atoms with Crippen LogP contribution in [0.1, 0.15) is 10.4 Å². The molecule has 0 bridgehead atoms. The highest BCUT2D eigenvalue weighted by atomic mass is 32.2. The van der Waals surface area contributed by atoms with E-state index in [1.807, 2.05) is 0 Å². The van der Waals surface area contributed by atoms with Gasteiger partial charge in [0.2, 0.25) is 0 Å². The number of sulfone groups is 1. The SMILES string of the molecule is CS(=O)(=O)c1ccc(Nc2ccc(-c3ccc(C(N)=O)c(F)c3)n3ccnc23)cc1. The lowest BCUT2D eigenvalue weighted by molar-refractivity contribution is 0.0996. The number of halogens is 1. The summed E-state index contributed by atoms with van der Waals surface area (Å²) in [6.45, 7) is 0. The smallest absolute Gasteiger partial charge is 0.251 e. The van der Waals surface area contributed by atoms with Crippen molar-refractivity contribution < 1.29 is 17.6 Å². The van der Waals surface area contributed by atoms with Crippen molar-refractivity contribution in [2.24, 2.45) is 5.73 Å². The van der Waals surface area contributed by atoms with Gasteiger partial charge < -0.3 is 11.1 Å². The number of imidazole rings is 1. The van der Waals surface area contributed by atoms with Crippen LogP contribution >= 0.6 is 0 Å². The molecule has 152 valence electrons. The van der Waals surface area contributed by atoms with Crippen LogP contribution in [0.5, 0.6) is 0 Å². The average Bonchev–Trinajstić information content (AvgIpc) is 3.18. The number of hydrogen-bond acceptors (Lipinski definition) is 5. The van der Waals surface area contributed by atoms with E-state index >= 15 is 0 Å². The normalized spacial score (nSPS) is 11.5. The predicted molar refractivity (Wildman–Crippen MR) is 112 cm³/mol. The van der Waals surface area contributed by atoms with Crippen molar-refractivity contribution in [1.29, 1.82) is 0 Å². The Morgan fingerprint density at radius 1 is 1.10 bits per heavy atom. The van der Waals surface area contributed by atoms with Crippen LogP contribution in [0.25, 0.3) is 16.9 Å². The molecule has 0 saturated heterocycles. The number of anilines is 2. The zero-order chi connectivity index (χ0) is 21.5. The van der Waals surface area contributed by atoms with Crippen molar-refractivity contribution in [3.05, 3.63) is 78.4 Å². The molecule has 1 amide bonds. The lowest BCUT2D eigenvalue weighted by Crippen LogP contribution is -2.13. The van der Waals surface area contributed by atoms with Crippen LogP contribution in [0.2, 0.25) is 0 Å². The molecular formula is C21H17FN4O3S. The number of carbonyl (C=O) groups excluding carboxylic acids is 1. The molecule has 4 aromatic rings. The van der Waals surface area contributed by atoms with E-state index in [-0.39, 0.29) is 10.5 Å². The highest BCUT2D eigenvalue weighted by Crippen LogP contribution is 2.28. The van der Waals surface area contributed by atoms with Crippen molar-refractivity contribution in [3.8, 4) is 11.3 Å². The van der Waals surface area contributed by atoms with Gasteiger partial charge in [0.15, 0.2) is 15.5 Å². The van der Waals surface area contributed by atoms with Crippen molar-refractivity contribution in [2.45, 2.75) is 4.90 Å². The molecule has 0 aliphatic carbocycles. The summed E-state index contributed by atoms with van der Waals surface area (Å²) in [5.41, 5.74) is 8.21. The molecule has 2 aromatic heterocycles. The highest BCUT2D eigenvalue weighted by molar-refractivity contribution is 7.90. The molecule has 30 heavy (non-hydrogen) atoms.